The molecule has 1 rings (SSSR count). The van der Waals surface area contributed by atoms with Gasteiger partial charge in [0.2, 0.25) is 0 Å². The van der Waals surface area contributed by atoms with Crippen LogP contribution in [0.15, 0.2) is 22.9 Å². The summed E-state index contributed by atoms with van der Waals surface area (Å²) in [6.45, 7) is 1.56. The van der Waals surface area contributed by atoms with E-state index in [1.54, 1.807) is 30.4 Å². The fraction of sp³-hybridized carbons (Fsp3) is 0.455. The van der Waals surface area contributed by atoms with Crippen LogP contribution in [0.1, 0.15) is 10.4 Å². The summed E-state index contributed by atoms with van der Waals surface area (Å²) in [5, 5.41) is 0. The number of carbonyl (C=O) groups excluding carboxylic acids is 1. The first-order valence-electron chi connectivity index (χ1n) is 5.01. The van der Waals surface area contributed by atoms with Crippen molar-refractivity contribution in [2.24, 2.45) is 0 Å². The van der Waals surface area contributed by atoms with Crippen LogP contribution < -0.4 is 0 Å². The first kappa shape index (κ1) is 13.1. The number of hydrogen-bond acceptors (Lipinski definition) is 3. The van der Waals surface area contributed by atoms with Gasteiger partial charge in [-0.3, -0.25) is 9.78 Å². The molecule has 16 heavy (non-hydrogen) atoms. The number of aromatic nitrogens is 1. The molecule has 1 amide bonds. The molecule has 0 atom stereocenters. The molecule has 0 aliphatic heterocycles. The monoisotopic (exact) mass is 285 g/mol. The molecule has 0 unspecified atom stereocenters. The van der Waals surface area contributed by atoms with Gasteiger partial charge in [0, 0.05) is 37.0 Å². The third kappa shape index (κ3) is 3.90. The first-order chi connectivity index (χ1) is 7.50. The Balaban J connectivity index is 2.63. The van der Waals surface area contributed by atoms with E-state index in [4.69, 9.17) is 0 Å². The lowest BCUT2D eigenvalue weighted by molar-refractivity contribution is 0.0786. The minimum Gasteiger partial charge on any atom is -0.340 e. The van der Waals surface area contributed by atoms with Gasteiger partial charge in [-0.25, -0.2) is 0 Å². The summed E-state index contributed by atoms with van der Waals surface area (Å²) in [6.07, 6.45) is 3.25. The Morgan fingerprint density at radius 3 is 2.56 bits per heavy atom. The van der Waals surface area contributed by atoms with Crippen LogP contribution in [-0.2, 0) is 0 Å². The molecule has 0 saturated heterocycles. The van der Waals surface area contributed by atoms with Crippen molar-refractivity contribution in [2.45, 2.75) is 0 Å². The van der Waals surface area contributed by atoms with Crippen LogP contribution in [0.25, 0.3) is 0 Å². The Hall–Kier alpha value is -0.940. The van der Waals surface area contributed by atoms with Gasteiger partial charge in [0.25, 0.3) is 5.91 Å². The molecule has 88 valence electrons. The molecule has 1 aromatic heterocycles. The topological polar surface area (TPSA) is 36.4 Å². The van der Waals surface area contributed by atoms with E-state index in [0.29, 0.717) is 12.1 Å². The second-order valence-electron chi connectivity index (χ2n) is 3.92. The quantitative estimate of drug-likeness (QED) is 0.841. The molecule has 4 nitrogen and oxygen atoms in total. The van der Waals surface area contributed by atoms with E-state index in [1.807, 2.05) is 19.0 Å². The van der Waals surface area contributed by atoms with E-state index >= 15 is 0 Å². The molecular weight excluding hydrogens is 270 g/mol. The molecule has 0 aromatic carbocycles. The van der Waals surface area contributed by atoms with Gasteiger partial charge in [0.1, 0.15) is 0 Å². The van der Waals surface area contributed by atoms with Crippen molar-refractivity contribution in [1.29, 1.82) is 0 Å². The highest BCUT2D eigenvalue weighted by Gasteiger charge is 2.11. The van der Waals surface area contributed by atoms with Crippen molar-refractivity contribution in [3.05, 3.63) is 28.5 Å². The van der Waals surface area contributed by atoms with Crippen molar-refractivity contribution < 1.29 is 4.79 Å². The molecule has 0 aliphatic rings. The number of likely N-dealkylation sites (N-methyl/N-ethyl adjacent to an activating group) is 2. The van der Waals surface area contributed by atoms with Crippen molar-refractivity contribution in [3.8, 4) is 0 Å². The number of hydrogen-bond donors (Lipinski definition) is 0. The molecule has 0 fully saturated rings. The van der Waals surface area contributed by atoms with Gasteiger partial charge in [-0.1, -0.05) is 0 Å². The first-order valence-corrected chi connectivity index (χ1v) is 5.80. The molecule has 1 heterocycles. The lowest BCUT2D eigenvalue weighted by atomic mass is 10.2. The van der Waals surface area contributed by atoms with Gasteiger partial charge >= 0.3 is 0 Å². The average molecular weight is 286 g/mol. The van der Waals surface area contributed by atoms with E-state index in [9.17, 15) is 4.79 Å². The number of amides is 1. The Kier molecular flexibility index (Phi) is 4.89. The smallest absolute Gasteiger partial charge is 0.255 e. The average Bonchev–Trinajstić information content (AvgIpc) is 2.24. The van der Waals surface area contributed by atoms with Gasteiger partial charge in [-0.2, -0.15) is 0 Å². The molecule has 1 aromatic rings. The predicted molar refractivity (Wildman–Crippen MR) is 67.5 cm³/mol. The fourth-order valence-corrected chi connectivity index (χ4v) is 1.57. The molecule has 0 saturated carbocycles. The largest absolute Gasteiger partial charge is 0.340 e. The summed E-state index contributed by atoms with van der Waals surface area (Å²) in [6, 6.07) is 1.78. The summed E-state index contributed by atoms with van der Waals surface area (Å²) in [7, 11) is 5.77. The minimum atomic E-state index is -0.00403. The van der Waals surface area contributed by atoms with Crippen LogP contribution >= 0.6 is 15.9 Å². The van der Waals surface area contributed by atoms with Gasteiger partial charge in [-0.05, 0) is 36.1 Å². The SMILES string of the molecule is CN(C)CCN(C)C(=O)c1cncc(Br)c1. The highest BCUT2D eigenvalue weighted by atomic mass is 79.9. The van der Waals surface area contributed by atoms with Gasteiger partial charge in [0.05, 0.1) is 5.56 Å². The van der Waals surface area contributed by atoms with Crippen LogP contribution in [0.3, 0.4) is 0 Å². The van der Waals surface area contributed by atoms with Gasteiger partial charge in [-0.15, -0.1) is 0 Å². The van der Waals surface area contributed by atoms with Crippen molar-refractivity contribution in [2.75, 3.05) is 34.2 Å². The molecule has 0 bridgehead atoms. The maximum Gasteiger partial charge on any atom is 0.255 e. The second kappa shape index (κ2) is 5.96. The van der Waals surface area contributed by atoms with E-state index < -0.39 is 0 Å². The summed E-state index contributed by atoms with van der Waals surface area (Å²) in [5.41, 5.74) is 0.607. The van der Waals surface area contributed by atoms with Crippen molar-refractivity contribution in [3.63, 3.8) is 0 Å². The van der Waals surface area contributed by atoms with E-state index in [2.05, 4.69) is 20.9 Å². The van der Waals surface area contributed by atoms with Crippen LogP contribution in [0.5, 0.6) is 0 Å². The molecule has 0 spiro atoms. The van der Waals surface area contributed by atoms with Crippen LogP contribution in [0.2, 0.25) is 0 Å². The minimum absolute atomic E-state index is 0.00403. The van der Waals surface area contributed by atoms with Crippen LogP contribution in [-0.4, -0.2) is 54.9 Å². The summed E-state index contributed by atoms with van der Waals surface area (Å²) in [4.78, 5) is 19.7. The third-order valence-electron chi connectivity index (χ3n) is 2.18. The number of pyridine rings is 1. The second-order valence-corrected chi connectivity index (χ2v) is 4.84. The fourth-order valence-electron chi connectivity index (χ4n) is 1.20. The third-order valence-corrected chi connectivity index (χ3v) is 2.61. The Labute approximate surface area is 104 Å². The number of halogens is 1. The summed E-state index contributed by atoms with van der Waals surface area (Å²) < 4.78 is 0.819. The number of rotatable bonds is 4. The molecule has 5 heteroatoms. The lowest BCUT2D eigenvalue weighted by Crippen LogP contribution is -2.33. The van der Waals surface area contributed by atoms with Gasteiger partial charge < -0.3 is 9.80 Å². The summed E-state index contributed by atoms with van der Waals surface area (Å²) >= 11 is 3.30. The Morgan fingerprint density at radius 1 is 1.31 bits per heavy atom. The van der Waals surface area contributed by atoms with Crippen molar-refractivity contribution in [1.82, 2.24) is 14.8 Å². The number of nitrogens with zero attached hydrogens (tertiary/aromatic N) is 3. The predicted octanol–water partition coefficient (Wildman–Crippen LogP) is 1.48. The van der Waals surface area contributed by atoms with E-state index in [1.165, 1.54) is 0 Å². The maximum absolute atomic E-state index is 12.0. The lowest BCUT2D eigenvalue weighted by Gasteiger charge is -2.19. The standard InChI is InChI=1S/C11H16BrN3O/c1-14(2)4-5-15(3)11(16)9-6-10(12)8-13-7-9/h6-8H,4-5H2,1-3H3. The molecule has 0 aliphatic carbocycles. The maximum atomic E-state index is 12.0. The Bertz CT molecular complexity index is 368. The zero-order chi connectivity index (χ0) is 12.1. The van der Waals surface area contributed by atoms with E-state index in [0.717, 1.165) is 11.0 Å². The number of carbonyl (C=O) groups is 1. The Morgan fingerprint density at radius 2 is 2.00 bits per heavy atom. The highest BCUT2D eigenvalue weighted by Crippen LogP contribution is 2.10. The van der Waals surface area contributed by atoms with Crippen LogP contribution in [0.4, 0.5) is 0 Å². The van der Waals surface area contributed by atoms with Crippen molar-refractivity contribution >= 4 is 21.8 Å². The zero-order valence-corrected chi connectivity index (χ0v) is 11.4. The van der Waals surface area contributed by atoms with E-state index in [-0.39, 0.29) is 5.91 Å². The molecular formula is C11H16BrN3O. The summed E-state index contributed by atoms with van der Waals surface area (Å²) in [5.74, 6) is -0.00403. The highest BCUT2D eigenvalue weighted by molar-refractivity contribution is 9.10. The molecule has 0 radical (unpaired) electrons. The normalized spacial score (nSPS) is 10.6. The van der Waals surface area contributed by atoms with Crippen LogP contribution in [0, 0.1) is 0 Å². The zero-order valence-electron chi connectivity index (χ0n) is 9.77. The van der Waals surface area contributed by atoms with Gasteiger partial charge in [0.15, 0.2) is 0 Å². The molecule has 0 N–H and O–H groups in total.